The van der Waals surface area contributed by atoms with E-state index in [-0.39, 0.29) is 17.4 Å². The van der Waals surface area contributed by atoms with Crippen LogP contribution in [0.15, 0.2) is 24.3 Å². The van der Waals surface area contributed by atoms with Gasteiger partial charge in [0.25, 0.3) is 0 Å². The topological polar surface area (TPSA) is 55.1 Å². The first kappa shape index (κ1) is 13.1. The molecule has 0 radical (unpaired) electrons. The minimum Gasteiger partial charge on any atom is -0.354 e. The van der Waals surface area contributed by atoms with Crippen LogP contribution in [0.5, 0.6) is 0 Å². The van der Waals surface area contributed by atoms with Gasteiger partial charge in [0.05, 0.1) is 0 Å². The maximum Gasteiger partial charge on any atom is 0.223 e. The van der Waals surface area contributed by atoms with Gasteiger partial charge in [0, 0.05) is 18.0 Å². The smallest absolute Gasteiger partial charge is 0.223 e. The molecule has 3 N–H and O–H groups in total. The van der Waals surface area contributed by atoms with E-state index in [2.05, 4.69) is 24.4 Å². The van der Waals surface area contributed by atoms with Crippen LogP contribution in [0, 0.1) is 12.8 Å². The van der Waals surface area contributed by atoms with E-state index in [4.69, 9.17) is 5.73 Å². The lowest BCUT2D eigenvalue weighted by Gasteiger charge is -2.18. The highest BCUT2D eigenvalue weighted by Gasteiger charge is 2.44. The zero-order valence-electron chi connectivity index (χ0n) is 11.4. The van der Waals surface area contributed by atoms with Crippen LogP contribution < -0.4 is 11.1 Å². The first-order valence-electron chi connectivity index (χ1n) is 6.50. The van der Waals surface area contributed by atoms with Crippen LogP contribution in [-0.2, 0) is 4.79 Å². The molecule has 0 saturated heterocycles. The fourth-order valence-electron chi connectivity index (χ4n) is 2.28. The third kappa shape index (κ3) is 3.10. The molecular formula is C15H22N2O. The molecule has 2 atom stereocenters. The molecule has 3 nitrogen and oxygen atoms in total. The molecular weight excluding hydrogens is 224 g/mol. The summed E-state index contributed by atoms with van der Waals surface area (Å²) in [6.45, 7) is 6.46. The normalized spacial score (nSPS) is 22.7. The van der Waals surface area contributed by atoms with E-state index in [0.717, 1.165) is 6.42 Å². The SMILES string of the molecule is Cc1ccccc1C1CC1C(=O)NCC(C)(C)N. The summed E-state index contributed by atoms with van der Waals surface area (Å²) in [5.41, 5.74) is 8.10. The standard InChI is InChI=1S/C15H22N2O/c1-10-6-4-5-7-11(10)12-8-13(12)14(18)17-9-15(2,3)16/h4-7,12-13H,8-9,16H2,1-3H3,(H,17,18). The van der Waals surface area contributed by atoms with Gasteiger partial charge in [0.1, 0.15) is 0 Å². The first-order chi connectivity index (χ1) is 8.38. The second-order valence-corrected chi connectivity index (χ2v) is 6.01. The highest BCUT2D eigenvalue weighted by molar-refractivity contribution is 5.83. The van der Waals surface area contributed by atoms with Crippen LogP contribution in [0.3, 0.4) is 0 Å². The van der Waals surface area contributed by atoms with E-state index < -0.39 is 0 Å². The number of nitrogens with one attached hydrogen (secondary N) is 1. The molecule has 1 aromatic rings. The second kappa shape index (κ2) is 4.73. The van der Waals surface area contributed by atoms with E-state index in [1.54, 1.807) is 0 Å². The van der Waals surface area contributed by atoms with Crippen molar-refractivity contribution >= 4 is 5.91 Å². The third-order valence-electron chi connectivity index (χ3n) is 3.43. The summed E-state index contributed by atoms with van der Waals surface area (Å²) in [5.74, 6) is 0.669. The summed E-state index contributed by atoms with van der Waals surface area (Å²) >= 11 is 0. The van der Waals surface area contributed by atoms with Gasteiger partial charge in [-0.2, -0.15) is 0 Å². The molecule has 1 aliphatic rings. The summed E-state index contributed by atoms with van der Waals surface area (Å²) in [6.07, 6.45) is 0.960. The van der Waals surface area contributed by atoms with Crippen LogP contribution in [-0.4, -0.2) is 18.0 Å². The predicted octanol–water partition coefficient (Wildman–Crippen LogP) is 1.95. The fourth-order valence-corrected chi connectivity index (χ4v) is 2.28. The van der Waals surface area contributed by atoms with Crippen LogP contribution in [0.2, 0.25) is 0 Å². The lowest BCUT2D eigenvalue weighted by atomic mass is 10.0. The number of amides is 1. The summed E-state index contributed by atoms with van der Waals surface area (Å²) < 4.78 is 0. The molecule has 3 heteroatoms. The Morgan fingerprint density at radius 2 is 2.11 bits per heavy atom. The number of carbonyl (C=O) groups is 1. The Labute approximate surface area is 109 Å². The van der Waals surface area contributed by atoms with Crippen molar-refractivity contribution in [2.24, 2.45) is 11.7 Å². The van der Waals surface area contributed by atoms with E-state index in [0.29, 0.717) is 12.5 Å². The van der Waals surface area contributed by atoms with Crippen molar-refractivity contribution in [2.75, 3.05) is 6.54 Å². The Hall–Kier alpha value is -1.35. The zero-order valence-corrected chi connectivity index (χ0v) is 11.4. The largest absolute Gasteiger partial charge is 0.354 e. The second-order valence-electron chi connectivity index (χ2n) is 6.01. The number of rotatable bonds is 4. The molecule has 0 bridgehead atoms. The molecule has 0 spiro atoms. The molecule has 2 rings (SSSR count). The van der Waals surface area contributed by atoms with Gasteiger partial charge in [-0.25, -0.2) is 0 Å². The van der Waals surface area contributed by atoms with Gasteiger partial charge < -0.3 is 11.1 Å². The summed E-state index contributed by atoms with van der Waals surface area (Å²) in [4.78, 5) is 12.0. The third-order valence-corrected chi connectivity index (χ3v) is 3.43. The Bertz CT molecular complexity index is 448. The number of aryl methyl sites for hydroxylation is 1. The Morgan fingerprint density at radius 3 is 2.72 bits per heavy atom. The van der Waals surface area contributed by atoms with Crippen molar-refractivity contribution in [3.05, 3.63) is 35.4 Å². The van der Waals surface area contributed by atoms with Crippen LogP contribution in [0.1, 0.15) is 37.3 Å². The molecule has 1 fully saturated rings. The summed E-state index contributed by atoms with van der Waals surface area (Å²) in [7, 11) is 0. The average Bonchev–Trinajstić information content (AvgIpc) is 3.05. The van der Waals surface area contributed by atoms with Gasteiger partial charge in [0.2, 0.25) is 5.91 Å². The lowest BCUT2D eigenvalue weighted by molar-refractivity contribution is -0.122. The van der Waals surface area contributed by atoms with Crippen molar-refractivity contribution < 1.29 is 4.79 Å². The maximum atomic E-state index is 12.0. The highest BCUT2D eigenvalue weighted by atomic mass is 16.2. The number of nitrogens with two attached hydrogens (primary N) is 1. The van der Waals surface area contributed by atoms with Crippen molar-refractivity contribution in [1.29, 1.82) is 0 Å². The van der Waals surface area contributed by atoms with Crippen molar-refractivity contribution in [3.8, 4) is 0 Å². The predicted molar refractivity (Wildman–Crippen MR) is 73.3 cm³/mol. The molecule has 2 unspecified atom stereocenters. The minimum atomic E-state index is -0.345. The fraction of sp³-hybridized carbons (Fsp3) is 0.533. The van der Waals surface area contributed by atoms with Crippen molar-refractivity contribution in [2.45, 2.75) is 38.6 Å². The van der Waals surface area contributed by atoms with Gasteiger partial charge in [-0.3, -0.25) is 4.79 Å². The van der Waals surface area contributed by atoms with Crippen molar-refractivity contribution in [3.63, 3.8) is 0 Å². The number of hydrogen-bond donors (Lipinski definition) is 2. The van der Waals surface area contributed by atoms with Gasteiger partial charge in [-0.05, 0) is 44.2 Å². The molecule has 1 aromatic carbocycles. The zero-order chi connectivity index (χ0) is 13.3. The molecule has 1 amide bonds. The van der Waals surface area contributed by atoms with Gasteiger partial charge in [-0.15, -0.1) is 0 Å². The van der Waals surface area contributed by atoms with Crippen molar-refractivity contribution in [1.82, 2.24) is 5.32 Å². The Balaban J connectivity index is 1.92. The average molecular weight is 246 g/mol. The van der Waals surface area contributed by atoms with E-state index >= 15 is 0 Å². The quantitative estimate of drug-likeness (QED) is 0.853. The molecule has 98 valence electrons. The molecule has 0 aromatic heterocycles. The van der Waals surface area contributed by atoms with E-state index in [1.807, 2.05) is 26.0 Å². The van der Waals surface area contributed by atoms with Gasteiger partial charge in [0.15, 0.2) is 0 Å². The number of hydrogen-bond acceptors (Lipinski definition) is 2. The maximum absolute atomic E-state index is 12.0. The van der Waals surface area contributed by atoms with E-state index in [9.17, 15) is 4.79 Å². The molecule has 18 heavy (non-hydrogen) atoms. The van der Waals surface area contributed by atoms with Crippen LogP contribution in [0.25, 0.3) is 0 Å². The number of carbonyl (C=O) groups excluding carboxylic acids is 1. The van der Waals surface area contributed by atoms with Crippen LogP contribution in [0.4, 0.5) is 0 Å². The minimum absolute atomic E-state index is 0.133. The van der Waals surface area contributed by atoms with E-state index in [1.165, 1.54) is 11.1 Å². The lowest BCUT2D eigenvalue weighted by Crippen LogP contribution is -2.45. The van der Waals surface area contributed by atoms with Gasteiger partial charge >= 0.3 is 0 Å². The molecule has 0 heterocycles. The summed E-state index contributed by atoms with van der Waals surface area (Å²) in [5, 5.41) is 2.94. The molecule has 0 aliphatic heterocycles. The first-order valence-corrected chi connectivity index (χ1v) is 6.50. The molecule has 1 saturated carbocycles. The number of benzene rings is 1. The summed E-state index contributed by atoms with van der Waals surface area (Å²) in [6, 6.07) is 8.30. The van der Waals surface area contributed by atoms with Crippen LogP contribution >= 0.6 is 0 Å². The Morgan fingerprint density at radius 1 is 1.44 bits per heavy atom. The molecule has 1 aliphatic carbocycles. The Kier molecular flexibility index (Phi) is 3.44. The monoisotopic (exact) mass is 246 g/mol. The van der Waals surface area contributed by atoms with Gasteiger partial charge in [-0.1, -0.05) is 24.3 Å². The highest BCUT2D eigenvalue weighted by Crippen LogP contribution is 2.48.